The predicted molar refractivity (Wildman–Crippen MR) is 60.9 cm³/mol. The Balaban J connectivity index is 2.40. The molecule has 0 spiro atoms. The van der Waals surface area contributed by atoms with E-state index in [1.54, 1.807) is 18.2 Å². The van der Waals surface area contributed by atoms with E-state index in [4.69, 9.17) is 11.6 Å². The van der Waals surface area contributed by atoms with Crippen molar-refractivity contribution in [2.75, 3.05) is 18.4 Å². The van der Waals surface area contributed by atoms with Gasteiger partial charge in [0.25, 0.3) is 0 Å². The van der Waals surface area contributed by atoms with Crippen LogP contribution in [0.1, 0.15) is 0 Å². The zero-order valence-corrected chi connectivity index (χ0v) is 8.92. The molecule has 0 aliphatic heterocycles. The van der Waals surface area contributed by atoms with Crippen molar-refractivity contribution in [3.05, 3.63) is 36.1 Å². The van der Waals surface area contributed by atoms with Crippen molar-refractivity contribution in [3.63, 3.8) is 0 Å². The van der Waals surface area contributed by atoms with E-state index in [-0.39, 0.29) is 12.5 Å². The second-order valence-electron chi connectivity index (χ2n) is 2.83. The summed E-state index contributed by atoms with van der Waals surface area (Å²) in [4.78, 5) is 15.1. The summed E-state index contributed by atoms with van der Waals surface area (Å²) in [6.45, 7) is 4.38. The summed E-state index contributed by atoms with van der Waals surface area (Å²) in [6.07, 6.45) is 3.23. The Hall–Kier alpha value is -1.39. The van der Waals surface area contributed by atoms with E-state index in [1.807, 2.05) is 0 Å². The molecule has 0 aliphatic rings. The zero-order chi connectivity index (χ0) is 11.1. The molecule has 0 aliphatic carbocycles. The molecular weight excluding hydrogens is 214 g/mol. The molecule has 1 aromatic rings. The molecule has 4 nitrogen and oxygen atoms in total. The Morgan fingerprint density at radius 2 is 2.47 bits per heavy atom. The maximum atomic E-state index is 11.3. The Morgan fingerprint density at radius 3 is 3.13 bits per heavy atom. The summed E-state index contributed by atoms with van der Waals surface area (Å²) in [5, 5.41) is 5.93. The lowest BCUT2D eigenvalue weighted by molar-refractivity contribution is -0.115. The van der Waals surface area contributed by atoms with E-state index >= 15 is 0 Å². The van der Waals surface area contributed by atoms with Crippen LogP contribution >= 0.6 is 11.6 Å². The van der Waals surface area contributed by atoms with Crippen LogP contribution < -0.4 is 10.6 Å². The van der Waals surface area contributed by atoms with Crippen LogP contribution in [0, 0.1) is 0 Å². The summed E-state index contributed by atoms with van der Waals surface area (Å²) in [5.41, 5.74) is 0.639. The average Bonchev–Trinajstić information content (AvgIpc) is 2.18. The number of pyridine rings is 1. The van der Waals surface area contributed by atoms with Gasteiger partial charge in [0.05, 0.1) is 6.54 Å². The number of carbonyl (C=O) groups excluding carboxylic acids is 1. The summed E-state index contributed by atoms with van der Waals surface area (Å²) in [7, 11) is 0. The van der Waals surface area contributed by atoms with Crippen LogP contribution in [0.4, 0.5) is 5.69 Å². The molecule has 1 rings (SSSR count). The highest BCUT2D eigenvalue weighted by atomic mass is 35.5. The first-order chi connectivity index (χ1) is 7.22. The average molecular weight is 226 g/mol. The number of amides is 1. The molecule has 0 unspecified atom stereocenters. The number of nitrogens with one attached hydrogen (secondary N) is 2. The minimum absolute atomic E-state index is 0.126. The number of nitrogens with zero attached hydrogens (tertiary/aromatic N) is 1. The molecule has 1 amide bonds. The Morgan fingerprint density at radius 1 is 1.67 bits per heavy atom. The number of carbonyl (C=O) groups is 1. The van der Waals surface area contributed by atoms with Crippen LogP contribution in [0.15, 0.2) is 31.0 Å². The molecule has 0 radical (unpaired) electrons. The normalized spacial score (nSPS) is 9.67. The highest BCUT2D eigenvalue weighted by Gasteiger charge is 2.01. The lowest BCUT2D eigenvalue weighted by Crippen LogP contribution is -2.28. The van der Waals surface area contributed by atoms with Crippen molar-refractivity contribution < 1.29 is 4.79 Å². The predicted octanol–water partition coefficient (Wildman–Crippen LogP) is 1.45. The van der Waals surface area contributed by atoms with Gasteiger partial charge in [-0.3, -0.25) is 4.79 Å². The fraction of sp³-hybridized carbons (Fsp3) is 0.200. The molecule has 0 bridgehead atoms. The van der Waals surface area contributed by atoms with Gasteiger partial charge in [-0.05, 0) is 12.1 Å². The first-order valence-electron chi connectivity index (χ1n) is 4.45. The molecule has 0 saturated heterocycles. The molecule has 0 saturated carbocycles. The molecule has 2 N–H and O–H groups in total. The van der Waals surface area contributed by atoms with Gasteiger partial charge >= 0.3 is 0 Å². The van der Waals surface area contributed by atoms with Crippen molar-refractivity contribution in [3.8, 4) is 0 Å². The van der Waals surface area contributed by atoms with Gasteiger partial charge in [-0.25, -0.2) is 4.98 Å². The van der Waals surface area contributed by atoms with Crippen molar-refractivity contribution in [1.29, 1.82) is 0 Å². The van der Waals surface area contributed by atoms with Gasteiger partial charge in [-0.2, -0.15) is 0 Å². The van der Waals surface area contributed by atoms with Crippen LogP contribution in [0.2, 0.25) is 5.15 Å². The molecule has 15 heavy (non-hydrogen) atoms. The molecule has 0 fully saturated rings. The lowest BCUT2D eigenvalue weighted by atomic mass is 10.4. The monoisotopic (exact) mass is 225 g/mol. The fourth-order valence-electron chi connectivity index (χ4n) is 0.973. The van der Waals surface area contributed by atoms with E-state index in [9.17, 15) is 4.79 Å². The van der Waals surface area contributed by atoms with Gasteiger partial charge in [0.1, 0.15) is 5.15 Å². The van der Waals surface area contributed by atoms with Crippen LogP contribution in [0.25, 0.3) is 0 Å². The number of hydrogen-bond acceptors (Lipinski definition) is 3. The molecule has 5 heteroatoms. The number of aromatic nitrogens is 1. The summed E-state index contributed by atoms with van der Waals surface area (Å²) < 4.78 is 0. The first-order valence-corrected chi connectivity index (χ1v) is 4.83. The number of rotatable bonds is 5. The standard InChI is InChI=1S/C10H12ClN3O/c1-2-4-12-7-10(15)14-8-3-5-13-9(11)6-8/h2-3,5-6,12H,1,4,7H2,(H,13,14,15). The van der Waals surface area contributed by atoms with Crippen molar-refractivity contribution in [2.24, 2.45) is 0 Å². The minimum atomic E-state index is -0.126. The van der Waals surface area contributed by atoms with E-state index < -0.39 is 0 Å². The third kappa shape index (κ3) is 4.58. The summed E-state index contributed by atoms with van der Waals surface area (Å²) in [5.74, 6) is -0.126. The Bertz CT molecular complexity index is 354. The van der Waals surface area contributed by atoms with Gasteiger partial charge in [0.15, 0.2) is 0 Å². The summed E-state index contributed by atoms with van der Waals surface area (Å²) in [6, 6.07) is 3.27. The second kappa shape index (κ2) is 6.16. The second-order valence-corrected chi connectivity index (χ2v) is 3.22. The third-order valence-electron chi connectivity index (χ3n) is 1.58. The molecule has 0 atom stereocenters. The first kappa shape index (κ1) is 11.7. The molecule has 1 heterocycles. The maximum absolute atomic E-state index is 11.3. The molecule has 80 valence electrons. The third-order valence-corrected chi connectivity index (χ3v) is 1.79. The SMILES string of the molecule is C=CCNCC(=O)Nc1ccnc(Cl)c1. The maximum Gasteiger partial charge on any atom is 0.238 e. The van der Waals surface area contributed by atoms with Crippen LogP contribution in [-0.2, 0) is 4.79 Å². The largest absolute Gasteiger partial charge is 0.325 e. The molecule has 0 aromatic carbocycles. The van der Waals surface area contributed by atoms with Crippen LogP contribution in [-0.4, -0.2) is 24.0 Å². The van der Waals surface area contributed by atoms with Crippen molar-refractivity contribution in [1.82, 2.24) is 10.3 Å². The number of hydrogen-bond donors (Lipinski definition) is 2. The number of halogens is 1. The quantitative estimate of drug-likeness (QED) is 0.453. The van der Waals surface area contributed by atoms with E-state index in [0.29, 0.717) is 17.4 Å². The van der Waals surface area contributed by atoms with Crippen LogP contribution in [0.5, 0.6) is 0 Å². The zero-order valence-electron chi connectivity index (χ0n) is 8.16. The fourth-order valence-corrected chi connectivity index (χ4v) is 1.15. The van der Waals surface area contributed by atoms with Crippen molar-refractivity contribution in [2.45, 2.75) is 0 Å². The topological polar surface area (TPSA) is 54.0 Å². The van der Waals surface area contributed by atoms with Gasteiger partial charge in [0, 0.05) is 18.4 Å². The van der Waals surface area contributed by atoms with E-state index in [1.165, 1.54) is 6.20 Å². The smallest absolute Gasteiger partial charge is 0.238 e. The van der Waals surface area contributed by atoms with Gasteiger partial charge in [0.2, 0.25) is 5.91 Å². The lowest BCUT2D eigenvalue weighted by Gasteiger charge is -2.05. The Kier molecular flexibility index (Phi) is 4.80. The van der Waals surface area contributed by atoms with Crippen molar-refractivity contribution >= 4 is 23.2 Å². The van der Waals surface area contributed by atoms with Gasteiger partial charge in [-0.15, -0.1) is 6.58 Å². The van der Waals surface area contributed by atoms with E-state index in [2.05, 4.69) is 22.2 Å². The number of anilines is 1. The molecular formula is C10H12ClN3O. The highest BCUT2D eigenvalue weighted by Crippen LogP contribution is 2.11. The van der Waals surface area contributed by atoms with Crippen LogP contribution in [0.3, 0.4) is 0 Å². The summed E-state index contributed by atoms with van der Waals surface area (Å²) >= 11 is 5.66. The Labute approximate surface area is 93.4 Å². The molecule has 1 aromatic heterocycles. The minimum Gasteiger partial charge on any atom is -0.325 e. The highest BCUT2D eigenvalue weighted by molar-refractivity contribution is 6.29. The van der Waals surface area contributed by atoms with Gasteiger partial charge in [-0.1, -0.05) is 17.7 Å². The van der Waals surface area contributed by atoms with Gasteiger partial charge < -0.3 is 10.6 Å². The van der Waals surface area contributed by atoms with E-state index in [0.717, 1.165) is 0 Å².